The van der Waals surface area contributed by atoms with Crippen molar-refractivity contribution in [1.82, 2.24) is 10.2 Å². The molecule has 1 heterocycles. The van der Waals surface area contributed by atoms with Crippen LogP contribution in [0.15, 0.2) is 48.5 Å². The number of nitrogens with zero attached hydrogens (tertiary/aromatic N) is 1. The van der Waals surface area contributed by atoms with Gasteiger partial charge in [-0.15, -0.1) is 0 Å². The van der Waals surface area contributed by atoms with Gasteiger partial charge in [-0.05, 0) is 81.2 Å². The molecule has 0 atom stereocenters. The normalized spacial score (nSPS) is 14.3. The van der Waals surface area contributed by atoms with Crippen LogP contribution >= 0.6 is 12.2 Å². The van der Waals surface area contributed by atoms with Crippen LogP contribution in [0.4, 0.5) is 5.69 Å². The van der Waals surface area contributed by atoms with E-state index in [4.69, 9.17) is 17.0 Å². The van der Waals surface area contributed by atoms with Crippen molar-refractivity contribution in [1.29, 1.82) is 0 Å². The molecular weight excluding hydrogens is 410 g/mol. The Morgan fingerprint density at radius 3 is 2.45 bits per heavy atom. The number of thiocarbonyl (C=S) groups is 1. The molecule has 2 N–H and O–H groups in total. The number of benzene rings is 2. The molecule has 2 aromatic carbocycles. The van der Waals surface area contributed by atoms with Gasteiger partial charge in [0.05, 0.1) is 6.10 Å². The average molecular weight is 440 g/mol. The van der Waals surface area contributed by atoms with Crippen LogP contribution in [0.1, 0.15) is 54.3 Å². The maximum Gasteiger partial charge on any atom is 0.257 e. The summed E-state index contributed by atoms with van der Waals surface area (Å²) < 4.78 is 5.63. The summed E-state index contributed by atoms with van der Waals surface area (Å²) in [6.07, 6.45) is 2.08. The summed E-state index contributed by atoms with van der Waals surface area (Å²) in [4.78, 5) is 27.2. The van der Waals surface area contributed by atoms with Gasteiger partial charge in [-0.1, -0.05) is 19.1 Å². The fourth-order valence-electron chi connectivity index (χ4n) is 3.44. The van der Waals surface area contributed by atoms with E-state index in [0.717, 1.165) is 25.9 Å². The Hall–Kier alpha value is -2.93. The van der Waals surface area contributed by atoms with Gasteiger partial charge < -0.3 is 15.0 Å². The Labute approximate surface area is 189 Å². The molecule has 0 bridgehead atoms. The highest BCUT2D eigenvalue weighted by molar-refractivity contribution is 7.80. The molecule has 164 valence electrons. The third-order valence-electron chi connectivity index (χ3n) is 5.13. The highest BCUT2D eigenvalue weighted by Gasteiger charge is 2.21. The van der Waals surface area contributed by atoms with E-state index in [0.29, 0.717) is 28.5 Å². The lowest BCUT2D eigenvalue weighted by molar-refractivity contribution is 0.0697. The highest BCUT2D eigenvalue weighted by Crippen LogP contribution is 2.20. The van der Waals surface area contributed by atoms with Gasteiger partial charge in [0, 0.05) is 29.9 Å². The topological polar surface area (TPSA) is 70.7 Å². The number of hydrogen-bond donors (Lipinski definition) is 2. The van der Waals surface area contributed by atoms with Crippen molar-refractivity contribution in [3.8, 4) is 5.75 Å². The van der Waals surface area contributed by atoms with Gasteiger partial charge in [0.2, 0.25) is 0 Å². The van der Waals surface area contributed by atoms with E-state index >= 15 is 0 Å². The number of carbonyl (C=O) groups excluding carboxylic acids is 2. The number of carbonyl (C=O) groups is 2. The third kappa shape index (κ3) is 6.52. The summed E-state index contributed by atoms with van der Waals surface area (Å²) in [7, 11) is 0. The Kier molecular flexibility index (Phi) is 7.63. The Balaban J connectivity index is 1.60. The number of ether oxygens (including phenoxy) is 1. The molecular formula is C24H29N3O3S. The van der Waals surface area contributed by atoms with Crippen LogP contribution in [-0.2, 0) is 0 Å². The van der Waals surface area contributed by atoms with Crippen LogP contribution in [0.3, 0.4) is 0 Å². The molecule has 0 aromatic heterocycles. The zero-order valence-electron chi connectivity index (χ0n) is 18.2. The molecule has 2 aromatic rings. The van der Waals surface area contributed by atoms with E-state index in [2.05, 4.69) is 17.6 Å². The van der Waals surface area contributed by atoms with Gasteiger partial charge in [-0.2, -0.15) is 0 Å². The quantitative estimate of drug-likeness (QED) is 0.673. The van der Waals surface area contributed by atoms with Gasteiger partial charge >= 0.3 is 0 Å². The lowest BCUT2D eigenvalue weighted by Gasteiger charge is -2.30. The minimum atomic E-state index is -0.332. The fraction of sp³-hybridized carbons (Fsp3) is 0.375. The molecule has 0 spiro atoms. The van der Waals surface area contributed by atoms with Crippen LogP contribution < -0.4 is 15.4 Å². The molecule has 0 aliphatic carbocycles. The van der Waals surface area contributed by atoms with Crippen LogP contribution in [0, 0.1) is 5.92 Å². The lowest BCUT2D eigenvalue weighted by Crippen LogP contribution is -2.38. The number of anilines is 1. The highest BCUT2D eigenvalue weighted by atomic mass is 32.1. The summed E-state index contributed by atoms with van der Waals surface area (Å²) >= 11 is 5.29. The first-order valence-electron chi connectivity index (χ1n) is 10.6. The SMILES string of the molecule is CC1CCN(C(=O)c2cccc(NC(=S)NC(=O)c3cccc(OC(C)C)c3)c2)CC1. The molecule has 0 radical (unpaired) electrons. The Morgan fingerprint density at radius 1 is 1.06 bits per heavy atom. The van der Waals surface area contributed by atoms with Crippen LogP contribution in [-0.4, -0.2) is 41.0 Å². The van der Waals surface area contributed by atoms with Crippen LogP contribution in [0.5, 0.6) is 5.75 Å². The van der Waals surface area contributed by atoms with E-state index in [-0.39, 0.29) is 23.0 Å². The van der Waals surface area contributed by atoms with E-state index in [9.17, 15) is 9.59 Å². The van der Waals surface area contributed by atoms with Crippen molar-refractivity contribution < 1.29 is 14.3 Å². The Morgan fingerprint density at radius 2 is 1.74 bits per heavy atom. The standard InChI is InChI=1S/C24H29N3O3S/c1-16(2)30-21-9-5-6-18(15-21)22(28)26-24(31)25-20-8-4-7-19(14-20)23(29)27-12-10-17(3)11-13-27/h4-9,14-17H,10-13H2,1-3H3,(H2,25,26,28,31). The van der Waals surface area contributed by atoms with E-state index in [1.165, 1.54) is 0 Å². The van der Waals surface area contributed by atoms with Gasteiger partial charge in [-0.25, -0.2) is 0 Å². The lowest BCUT2D eigenvalue weighted by atomic mass is 9.98. The number of hydrogen-bond acceptors (Lipinski definition) is 4. The van der Waals surface area contributed by atoms with E-state index in [1.54, 1.807) is 42.5 Å². The fourth-order valence-corrected chi connectivity index (χ4v) is 3.66. The summed E-state index contributed by atoms with van der Waals surface area (Å²) in [5.74, 6) is 0.976. The Bertz CT molecular complexity index is 953. The van der Waals surface area contributed by atoms with Crippen LogP contribution in [0.25, 0.3) is 0 Å². The number of amides is 2. The summed E-state index contributed by atoms with van der Waals surface area (Å²) in [6.45, 7) is 7.64. The van der Waals surface area contributed by atoms with Gasteiger partial charge in [-0.3, -0.25) is 14.9 Å². The molecule has 1 fully saturated rings. The second-order valence-corrected chi connectivity index (χ2v) is 8.57. The van der Waals surface area contributed by atoms with Crippen molar-refractivity contribution >= 4 is 34.8 Å². The maximum atomic E-state index is 12.8. The largest absolute Gasteiger partial charge is 0.491 e. The third-order valence-corrected chi connectivity index (χ3v) is 5.34. The first kappa shape index (κ1) is 22.7. The molecule has 1 aliphatic heterocycles. The number of rotatable bonds is 5. The number of likely N-dealkylation sites (tertiary alicyclic amines) is 1. The molecule has 31 heavy (non-hydrogen) atoms. The predicted molar refractivity (Wildman–Crippen MR) is 127 cm³/mol. The number of nitrogens with one attached hydrogen (secondary N) is 2. The van der Waals surface area contributed by atoms with E-state index < -0.39 is 0 Å². The second-order valence-electron chi connectivity index (χ2n) is 8.16. The van der Waals surface area contributed by atoms with Crippen molar-refractivity contribution in [2.45, 2.75) is 39.7 Å². The monoisotopic (exact) mass is 439 g/mol. The average Bonchev–Trinajstić information content (AvgIpc) is 2.73. The number of piperidine rings is 1. The summed E-state index contributed by atoms with van der Waals surface area (Å²) in [6, 6.07) is 14.1. The molecule has 6 nitrogen and oxygen atoms in total. The maximum absolute atomic E-state index is 12.8. The first-order chi connectivity index (χ1) is 14.8. The molecule has 1 aliphatic rings. The molecule has 0 unspecified atom stereocenters. The van der Waals surface area contributed by atoms with Gasteiger partial charge in [0.25, 0.3) is 11.8 Å². The van der Waals surface area contributed by atoms with E-state index in [1.807, 2.05) is 24.8 Å². The van der Waals surface area contributed by atoms with Gasteiger partial charge in [0.1, 0.15) is 5.75 Å². The predicted octanol–water partition coefficient (Wildman–Crippen LogP) is 4.47. The summed E-state index contributed by atoms with van der Waals surface area (Å²) in [5.41, 5.74) is 1.70. The van der Waals surface area contributed by atoms with Crippen molar-refractivity contribution in [2.24, 2.45) is 5.92 Å². The molecule has 0 saturated carbocycles. The summed E-state index contributed by atoms with van der Waals surface area (Å²) in [5, 5.41) is 5.83. The first-order valence-corrected chi connectivity index (χ1v) is 11.0. The zero-order valence-corrected chi connectivity index (χ0v) is 19.0. The minimum Gasteiger partial charge on any atom is -0.491 e. The van der Waals surface area contributed by atoms with Crippen molar-refractivity contribution in [3.05, 3.63) is 59.7 Å². The molecule has 2 amide bonds. The molecule has 1 saturated heterocycles. The van der Waals surface area contributed by atoms with Crippen LogP contribution in [0.2, 0.25) is 0 Å². The van der Waals surface area contributed by atoms with Crippen molar-refractivity contribution in [2.75, 3.05) is 18.4 Å². The smallest absolute Gasteiger partial charge is 0.257 e. The second kappa shape index (κ2) is 10.4. The van der Waals surface area contributed by atoms with Crippen molar-refractivity contribution in [3.63, 3.8) is 0 Å². The molecule has 3 rings (SSSR count). The zero-order chi connectivity index (χ0) is 22.4. The van der Waals surface area contributed by atoms with Gasteiger partial charge in [0.15, 0.2) is 5.11 Å². The minimum absolute atomic E-state index is 0.0179. The molecule has 7 heteroatoms.